The molecule has 2 aromatic rings. The van der Waals surface area contributed by atoms with Gasteiger partial charge in [-0.3, -0.25) is 9.69 Å². The maximum absolute atomic E-state index is 12.9. The molecule has 1 aliphatic heterocycles. The second kappa shape index (κ2) is 9.76. The fourth-order valence-corrected chi connectivity index (χ4v) is 4.09. The van der Waals surface area contributed by atoms with Gasteiger partial charge in [-0.15, -0.1) is 0 Å². The van der Waals surface area contributed by atoms with E-state index in [0.29, 0.717) is 40.4 Å². The summed E-state index contributed by atoms with van der Waals surface area (Å²) in [6.45, 7) is 8.84. The Hall–Kier alpha value is -2.86. The molecule has 1 amide bonds. The Bertz CT molecular complexity index is 994. The third-order valence-corrected chi connectivity index (χ3v) is 5.69. The highest BCUT2D eigenvalue weighted by atomic mass is 32.2. The SMILES string of the molecule is CCOC(=O)c1cccc(N=C2SC(=Cc3ccc(C(C)C)cc3)C(=O)N2CC)c1. The predicted molar refractivity (Wildman–Crippen MR) is 123 cm³/mol. The summed E-state index contributed by atoms with van der Waals surface area (Å²) in [5, 5.41) is 0.605. The number of carbonyl (C=O) groups is 2. The van der Waals surface area contributed by atoms with Gasteiger partial charge in [0, 0.05) is 6.54 Å². The number of ether oxygens (including phenoxy) is 1. The maximum Gasteiger partial charge on any atom is 0.338 e. The van der Waals surface area contributed by atoms with E-state index in [1.807, 2.05) is 25.1 Å². The van der Waals surface area contributed by atoms with Crippen LogP contribution in [0, 0.1) is 0 Å². The Labute approximate surface area is 181 Å². The first kappa shape index (κ1) is 21.8. The normalized spacial score (nSPS) is 16.7. The molecule has 0 aromatic heterocycles. The summed E-state index contributed by atoms with van der Waals surface area (Å²) in [5.74, 6) is 0.0251. The van der Waals surface area contributed by atoms with Gasteiger partial charge < -0.3 is 4.74 Å². The number of nitrogens with zero attached hydrogens (tertiary/aromatic N) is 2. The lowest BCUT2D eigenvalue weighted by Crippen LogP contribution is -2.28. The summed E-state index contributed by atoms with van der Waals surface area (Å²) in [6.07, 6.45) is 1.90. The van der Waals surface area contributed by atoms with E-state index in [9.17, 15) is 9.59 Å². The van der Waals surface area contributed by atoms with Gasteiger partial charge in [0.15, 0.2) is 5.17 Å². The maximum atomic E-state index is 12.9. The molecule has 1 saturated heterocycles. The van der Waals surface area contributed by atoms with Gasteiger partial charge >= 0.3 is 5.97 Å². The van der Waals surface area contributed by atoms with Crippen molar-refractivity contribution in [3.63, 3.8) is 0 Å². The molecule has 0 spiro atoms. The minimum atomic E-state index is -0.382. The topological polar surface area (TPSA) is 59.0 Å². The number of hydrogen-bond acceptors (Lipinski definition) is 5. The van der Waals surface area contributed by atoms with Crippen LogP contribution in [-0.4, -0.2) is 35.1 Å². The summed E-state index contributed by atoms with van der Waals surface area (Å²) in [5.41, 5.74) is 3.30. The van der Waals surface area contributed by atoms with Crippen molar-refractivity contribution < 1.29 is 14.3 Å². The molecule has 0 N–H and O–H groups in total. The lowest BCUT2D eigenvalue weighted by molar-refractivity contribution is -0.122. The smallest absolute Gasteiger partial charge is 0.338 e. The standard InChI is InChI=1S/C24H26N2O3S/c1-5-26-22(27)21(14-17-10-12-18(13-11-17)16(3)4)30-24(26)25-20-9-7-8-19(15-20)23(28)29-6-2/h7-16H,5-6H2,1-4H3. The molecule has 6 heteroatoms. The molecule has 0 unspecified atom stereocenters. The minimum Gasteiger partial charge on any atom is -0.462 e. The summed E-state index contributed by atoms with van der Waals surface area (Å²) >= 11 is 1.35. The first-order valence-electron chi connectivity index (χ1n) is 10.1. The first-order chi connectivity index (χ1) is 14.4. The molecule has 0 aliphatic carbocycles. The van der Waals surface area contributed by atoms with E-state index in [2.05, 4.69) is 31.0 Å². The number of rotatable bonds is 6. The highest BCUT2D eigenvalue weighted by Crippen LogP contribution is 2.34. The molecular formula is C24H26N2O3S. The van der Waals surface area contributed by atoms with Crippen molar-refractivity contribution in [3.8, 4) is 0 Å². The van der Waals surface area contributed by atoms with Crippen LogP contribution >= 0.6 is 11.8 Å². The average Bonchev–Trinajstić information content (AvgIpc) is 3.02. The van der Waals surface area contributed by atoms with E-state index in [0.717, 1.165) is 5.56 Å². The number of benzene rings is 2. The average molecular weight is 423 g/mol. The van der Waals surface area contributed by atoms with Crippen LogP contribution < -0.4 is 0 Å². The van der Waals surface area contributed by atoms with Crippen LogP contribution in [0.1, 0.15) is 55.1 Å². The van der Waals surface area contributed by atoms with Crippen LogP contribution in [-0.2, 0) is 9.53 Å². The van der Waals surface area contributed by atoms with Crippen molar-refractivity contribution >= 4 is 40.6 Å². The van der Waals surface area contributed by atoms with Crippen molar-refractivity contribution in [2.24, 2.45) is 4.99 Å². The zero-order valence-corrected chi connectivity index (χ0v) is 18.5. The second-order valence-electron chi connectivity index (χ2n) is 7.15. The van der Waals surface area contributed by atoms with Gasteiger partial charge in [0.25, 0.3) is 5.91 Å². The number of thioether (sulfide) groups is 1. The van der Waals surface area contributed by atoms with E-state index in [-0.39, 0.29) is 11.9 Å². The van der Waals surface area contributed by atoms with Crippen LogP contribution in [0.3, 0.4) is 0 Å². The van der Waals surface area contributed by atoms with Gasteiger partial charge in [-0.1, -0.05) is 44.2 Å². The summed E-state index contributed by atoms with van der Waals surface area (Å²) in [7, 11) is 0. The molecule has 156 valence electrons. The Balaban J connectivity index is 1.87. The molecule has 1 aliphatic rings. The second-order valence-corrected chi connectivity index (χ2v) is 8.16. The van der Waals surface area contributed by atoms with Crippen molar-refractivity contribution in [2.75, 3.05) is 13.2 Å². The van der Waals surface area contributed by atoms with Crippen LogP contribution in [0.2, 0.25) is 0 Å². The number of amidine groups is 1. The molecule has 0 bridgehead atoms. The fourth-order valence-electron chi connectivity index (χ4n) is 3.03. The number of aliphatic imine (C=N–C) groups is 1. The first-order valence-corrected chi connectivity index (χ1v) is 10.9. The van der Waals surface area contributed by atoms with Crippen molar-refractivity contribution in [1.29, 1.82) is 0 Å². The third kappa shape index (κ3) is 5.00. The molecule has 2 aromatic carbocycles. The lowest BCUT2D eigenvalue weighted by atomic mass is 10.0. The lowest BCUT2D eigenvalue weighted by Gasteiger charge is -2.12. The zero-order chi connectivity index (χ0) is 21.7. The van der Waals surface area contributed by atoms with Crippen LogP contribution in [0.15, 0.2) is 58.4 Å². The van der Waals surface area contributed by atoms with E-state index >= 15 is 0 Å². The van der Waals surface area contributed by atoms with E-state index in [1.54, 1.807) is 36.1 Å². The van der Waals surface area contributed by atoms with E-state index in [1.165, 1.54) is 17.3 Å². The van der Waals surface area contributed by atoms with Crippen LogP contribution in [0.4, 0.5) is 5.69 Å². The summed E-state index contributed by atoms with van der Waals surface area (Å²) in [6, 6.07) is 15.2. The van der Waals surface area contributed by atoms with Gasteiger partial charge in [0.2, 0.25) is 0 Å². The third-order valence-electron chi connectivity index (χ3n) is 4.69. The van der Waals surface area contributed by atoms with Gasteiger partial charge in [-0.25, -0.2) is 9.79 Å². The van der Waals surface area contributed by atoms with Crippen molar-refractivity contribution in [2.45, 2.75) is 33.6 Å². The van der Waals surface area contributed by atoms with Gasteiger partial charge in [0.1, 0.15) is 0 Å². The fraction of sp³-hybridized carbons (Fsp3) is 0.292. The van der Waals surface area contributed by atoms with Gasteiger partial charge in [-0.05, 0) is 66.9 Å². The van der Waals surface area contributed by atoms with Gasteiger partial charge in [0.05, 0.1) is 22.8 Å². The Morgan fingerprint density at radius 1 is 1.17 bits per heavy atom. The molecule has 0 radical (unpaired) electrons. The number of likely N-dealkylation sites (N-methyl/N-ethyl adjacent to an activating group) is 1. The van der Waals surface area contributed by atoms with E-state index in [4.69, 9.17) is 4.74 Å². The number of esters is 1. The highest BCUT2D eigenvalue weighted by Gasteiger charge is 2.32. The van der Waals surface area contributed by atoms with Crippen molar-refractivity contribution in [3.05, 3.63) is 70.1 Å². The summed E-state index contributed by atoms with van der Waals surface area (Å²) < 4.78 is 5.05. The van der Waals surface area contributed by atoms with Gasteiger partial charge in [-0.2, -0.15) is 0 Å². The Morgan fingerprint density at radius 3 is 2.53 bits per heavy atom. The monoisotopic (exact) mass is 422 g/mol. The zero-order valence-electron chi connectivity index (χ0n) is 17.7. The number of hydrogen-bond donors (Lipinski definition) is 0. The number of amides is 1. The van der Waals surface area contributed by atoms with E-state index < -0.39 is 0 Å². The molecule has 1 heterocycles. The van der Waals surface area contributed by atoms with Crippen LogP contribution in [0.25, 0.3) is 6.08 Å². The summed E-state index contributed by atoms with van der Waals surface area (Å²) in [4.78, 5) is 31.7. The Kier molecular flexibility index (Phi) is 7.11. The molecule has 5 nitrogen and oxygen atoms in total. The largest absolute Gasteiger partial charge is 0.462 e. The molecule has 30 heavy (non-hydrogen) atoms. The minimum absolute atomic E-state index is 0.0595. The molecule has 0 saturated carbocycles. The molecule has 1 fully saturated rings. The number of carbonyl (C=O) groups excluding carboxylic acids is 2. The molecule has 0 atom stereocenters. The Morgan fingerprint density at radius 2 is 1.90 bits per heavy atom. The van der Waals surface area contributed by atoms with Crippen molar-refractivity contribution in [1.82, 2.24) is 4.90 Å². The quantitative estimate of drug-likeness (QED) is 0.448. The molecule has 3 rings (SSSR count). The molecular weight excluding hydrogens is 396 g/mol. The predicted octanol–water partition coefficient (Wildman–Crippen LogP) is 5.61. The highest BCUT2D eigenvalue weighted by molar-refractivity contribution is 8.18. The van der Waals surface area contributed by atoms with Crippen LogP contribution in [0.5, 0.6) is 0 Å².